The van der Waals surface area contributed by atoms with Gasteiger partial charge in [0.1, 0.15) is 5.75 Å². The normalized spacial score (nSPS) is 15.2. The van der Waals surface area contributed by atoms with Crippen LogP contribution in [0.2, 0.25) is 0 Å². The predicted octanol–water partition coefficient (Wildman–Crippen LogP) is 2.90. The van der Waals surface area contributed by atoms with Crippen molar-refractivity contribution in [1.82, 2.24) is 0 Å². The molecule has 54 valence electrons. The van der Waals surface area contributed by atoms with E-state index in [2.05, 4.69) is 45.2 Å². The molecule has 0 aliphatic heterocycles. The van der Waals surface area contributed by atoms with E-state index in [1.54, 1.807) is 12.1 Å². The van der Waals surface area contributed by atoms with Gasteiger partial charge in [0, 0.05) is 3.57 Å². The van der Waals surface area contributed by atoms with E-state index in [1.165, 1.54) is 0 Å². The standard InChI is InChI=1S/C7H6I2O/c1-10-6-4-2-3-5(8)7(6)9/h2-4H,1H3/i1D3. The number of hydrogen-bond acceptors (Lipinski definition) is 1. The van der Waals surface area contributed by atoms with E-state index in [-0.39, 0.29) is 0 Å². The van der Waals surface area contributed by atoms with Gasteiger partial charge in [0.05, 0.1) is 14.7 Å². The number of benzene rings is 1. The van der Waals surface area contributed by atoms with Crippen LogP contribution >= 0.6 is 45.2 Å². The fourth-order valence-corrected chi connectivity index (χ4v) is 1.51. The Kier molecular flexibility index (Phi) is 1.94. The zero-order valence-electron chi connectivity index (χ0n) is 7.90. The molecule has 0 aliphatic carbocycles. The molecule has 1 rings (SSSR count). The molecule has 1 nitrogen and oxygen atoms in total. The maximum absolute atomic E-state index is 6.94. The van der Waals surface area contributed by atoms with E-state index in [0.717, 1.165) is 7.14 Å². The Morgan fingerprint density at radius 1 is 1.50 bits per heavy atom. The molecular weight excluding hydrogens is 354 g/mol. The number of halogens is 2. The molecule has 0 unspecified atom stereocenters. The number of ether oxygens (including phenoxy) is 1. The van der Waals surface area contributed by atoms with Crippen LogP contribution in [-0.4, -0.2) is 7.04 Å². The first-order chi connectivity index (χ1) is 5.90. The van der Waals surface area contributed by atoms with Gasteiger partial charge in [0.2, 0.25) is 0 Å². The number of hydrogen-bond donors (Lipinski definition) is 0. The highest BCUT2D eigenvalue weighted by Gasteiger charge is 2.00. The van der Waals surface area contributed by atoms with Crippen LogP contribution in [-0.2, 0) is 0 Å². The summed E-state index contributed by atoms with van der Waals surface area (Å²) in [5.41, 5.74) is 0. The van der Waals surface area contributed by atoms with Crippen molar-refractivity contribution in [1.29, 1.82) is 0 Å². The molecule has 0 aliphatic rings. The summed E-state index contributed by atoms with van der Waals surface area (Å²) >= 11 is 4.19. The summed E-state index contributed by atoms with van der Waals surface area (Å²) in [5.74, 6) is 0.410. The summed E-state index contributed by atoms with van der Waals surface area (Å²) in [4.78, 5) is 0. The maximum Gasteiger partial charge on any atom is 0.133 e. The molecule has 0 atom stereocenters. The first kappa shape index (κ1) is 5.18. The second kappa shape index (κ2) is 3.75. The molecular formula is C7H6I2O. The lowest BCUT2D eigenvalue weighted by Gasteiger charge is -2.02. The second-order valence-electron chi connectivity index (χ2n) is 1.65. The Morgan fingerprint density at radius 3 is 3.00 bits per heavy atom. The van der Waals surface area contributed by atoms with Crippen LogP contribution in [0.3, 0.4) is 0 Å². The van der Waals surface area contributed by atoms with Crippen LogP contribution in [0.5, 0.6) is 5.75 Å². The van der Waals surface area contributed by atoms with Crippen LogP contribution in [0.4, 0.5) is 0 Å². The summed E-state index contributed by atoms with van der Waals surface area (Å²) in [6, 6.07) is 5.32. The lowest BCUT2D eigenvalue weighted by molar-refractivity contribution is 0.411. The van der Waals surface area contributed by atoms with E-state index in [9.17, 15) is 0 Å². The van der Waals surface area contributed by atoms with Gasteiger partial charge in [-0.05, 0) is 57.3 Å². The summed E-state index contributed by atoms with van der Waals surface area (Å²) in [6.07, 6.45) is 0. The molecule has 10 heavy (non-hydrogen) atoms. The third-order valence-corrected chi connectivity index (χ3v) is 4.07. The number of rotatable bonds is 1. The molecule has 0 radical (unpaired) electrons. The largest absolute Gasteiger partial charge is 0.496 e. The Bertz CT molecular complexity index is 311. The average molecular weight is 363 g/mol. The molecule has 0 saturated heterocycles. The Labute approximate surface area is 91.6 Å². The van der Waals surface area contributed by atoms with Crippen molar-refractivity contribution in [3.63, 3.8) is 0 Å². The third kappa shape index (κ3) is 1.75. The quantitative estimate of drug-likeness (QED) is 0.698. The highest BCUT2D eigenvalue weighted by Crippen LogP contribution is 2.24. The minimum Gasteiger partial charge on any atom is -0.496 e. The minimum absolute atomic E-state index is 0.410. The summed E-state index contributed by atoms with van der Waals surface area (Å²) in [5, 5.41) is 0. The third-order valence-electron chi connectivity index (χ3n) is 1.03. The van der Waals surface area contributed by atoms with Crippen molar-refractivity contribution < 1.29 is 8.85 Å². The molecule has 1 aromatic carbocycles. The summed E-state index contributed by atoms with van der Waals surface area (Å²) < 4.78 is 27.4. The molecule has 0 spiro atoms. The second-order valence-corrected chi connectivity index (χ2v) is 3.89. The van der Waals surface area contributed by atoms with Gasteiger partial charge in [0.25, 0.3) is 0 Å². The fraction of sp³-hybridized carbons (Fsp3) is 0.143. The van der Waals surface area contributed by atoms with Crippen LogP contribution in [0, 0.1) is 7.14 Å². The molecule has 0 bridgehead atoms. The van der Waals surface area contributed by atoms with Gasteiger partial charge in [-0.15, -0.1) is 0 Å². The maximum atomic E-state index is 6.94. The van der Waals surface area contributed by atoms with E-state index in [1.807, 2.05) is 6.07 Å². The summed E-state index contributed by atoms with van der Waals surface area (Å²) in [6.45, 7) is 0. The van der Waals surface area contributed by atoms with Crippen molar-refractivity contribution >= 4 is 45.2 Å². The molecule has 0 aromatic heterocycles. The Morgan fingerprint density at radius 2 is 2.30 bits per heavy atom. The molecule has 0 amide bonds. The van der Waals surface area contributed by atoms with E-state index in [0.29, 0.717) is 5.75 Å². The van der Waals surface area contributed by atoms with Gasteiger partial charge in [-0.3, -0.25) is 0 Å². The lowest BCUT2D eigenvalue weighted by atomic mass is 10.3. The van der Waals surface area contributed by atoms with Gasteiger partial charge in [-0.25, -0.2) is 0 Å². The summed E-state index contributed by atoms with van der Waals surface area (Å²) in [7, 11) is -2.37. The fourth-order valence-electron chi connectivity index (χ4n) is 0.563. The Balaban J connectivity index is 2.96. The van der Waals surface area contributed by atoms with Crippen LogP contribution in [0.1, 0.15) is 4.11 Å². The number of methoxy groups -OCH3 is 1. The highest BCUT2D eigenvalue weighted by atomic mass is 127. The Hall–Kier alpha value is 0.480. The van der Waals surface area contributed by atoms with Crippen molar-refractivity contribution in [3.05, 3.63) is 25.3 Å². The van der Waals surface area contributed by atoms with Crippen LogP contribution in [0.15, 0.2) is 18.2 Å². The molecule has 1 aromatic rings. The molecule has 0 saturated carbocycles. The van der Waals surface area contributed by atoms with Gasteiger partial charge in [-0.2, -0.15) is 0 Å². The van der Waals surface area contributed by atoms with Crippen molar-refractivity contribution in [2.24, 2.45) is 0 Å². The zero-order valence-corrected chi connectivity index (χ0v) is 9.21. The van der Waals surface area contributed by atoms with Gasteiger partial charge in [-0.1, -0.05) is 6.07 Å². The van der Waals surface area contributed by atoms with E-state index < -0.39 is 7.04 Å². The SMILES string of the molecule is [2H]C([2H])([2H])Oc1cccc(I)c1I. The average Bonchev–Trinajstić information content (AvgIpc) is 1.96. The van der Waals surface area contributed by atoms with Crippen molar-refractivity contribution in [2.45, 2.75) is 0 Å². The zero-order chi connectivity index (χ0) is 10.1. The first-order valence-corrected chi connectivity index (χ1v) is 4.69. The van der Waals surface area contributed by atoms with Gasteiger partial charge < -0.3 is 4.74 Å². The van der Waals surface area contributed by atoms with E-state index >= 15 is 0 Å². The first-order valence-electron chi connectivity index (χ1n) is 4.03. The topological polar surface area (TPSA) is 9.23 Å². The van der Waals surface area contributed by atoms with E-state index in [4.69, 9.17) is 8.85 Å². The molecule has 0 heterocycles. The highest BCUT2D eigenvalue weighted by molar-refractivity contribution is 14.1. The monoisotopic (exact) mass is 363 g/mol. The smallest absolute Gasteiger partial charge is 0.133 e. The van der Waals surface area contributed by atoms with Crippen molar-refractivity contribution in [2.75, 3.05) is 7.04 Å². The van der Waals surface area contributed by atoms with Crippen molar-refractivity contribution in [3.8, 4) is 5.75 Å². The lowest BCUT2D eigenvalue weighted by Crippen LogP contribution is -1.87. The predicted molar refractivity (Wildman–Crippen MR) is 58.4 cm³/mol. The molecule has 3 heteroatoms. The van der Waals surface area contributed by atoms with Crippen LogP contribution in [0.25, 0.3) is 0 Å². The minimum atomic E-state index is -2.37. The molecule has 0 fully saturated rings. The van der Waals surface area contributed by atoms with Gasteiger partial charge in [0.15, 0.2) is 0 Å². The van der Waals surface area contributed by atoms with Gasteiger partial charge >= 0.3 is 0 Å². The van der Waals surface area contributed by atoms with Crippen LogP contribution < -0.4 is 4.74 Å². The molecule has 0 N–H and O–H groups in total.